The minimum absolute atomic E-state index is 0.0122. The number of primary sulfonamides is 1. The van der Waals surface area contributed by atoms with Crippen LogP contribution in [0.4, 0.5) is 5.69 Å². The number of carbonyl (C=O) groups excluding carboxylic acids is 1. The second-order valence-corrected chi connectivity index (χ2v) is 8.72. The molecule has 0 unspecified atom stereocenters. The summed E-state index contributed by atoms with van der Waals surface area (Å²) in [6, 6.07) is 22.0. The van der Waals surface area contributed by atoms with Gasteiger partial charge in [-0.05, 0) is 42.0 Å². The summed E-state index contributed by atoms with van der Waals surface area (Å²) in [4.78, 5) is 13.0. The molecule has 0 aliphatic rings. The zero-order valence-electron chi connectivity index (χ0n) is 16.0. The molecule has 7 nitrogen and oxygen atoms in total. The number of anilines is 1. The minimum Gasteiger partial charge on any atom is -0.321 e. The van der Waals surface area contributed by atoms with Crippen molar-refractivity contribution in [2.24, 2.45) is 5.14 Å². The van der Waals surface area contributed by atoms with Crippen LogP contribution in [0.3, 0.4) is 0 Å². The van der Waals surface area contributed by atoms with Crippen molar-refractivity contribution < 1.29 is 13.2 Å². The number of halogens is 1. The first kappa shape index (κ1) is 20.8. The van der Waals surface area contributed by atoms with Crippen LogP contribution in [0.2, 0.25) is 5.02 Å². The lowest BCUT2D eigenvalue weighted by Crippen LogP contribution is -2.13. The Morgan fingerprint density at radius 3 is 2.13 bits per heavy atom. The maximum absolute atomic E-state index is 13.0. The van der Waals surface area contributed by atoms with Gasteiger partial charge in [0.25, 0.3) is 5.91 Å². The third kappa shape index (κ3) is 4.51. The molecule has 0 radical (unpaired) electrons. The Morgan fingerprint density at radius 1 is 0.903 bits per heavy atom. The molecular weight excluding hydrogens is 436 g/mol. The van der Waals surface area contributed by atoms with Crippen LogP contribution in [-0.2, 0) is 10.0 Å². The van der Waals surface area contributed by atoms with Gasteiger partial charge in [0.05, 0.1) is 4.90 Å². The van der Waals surface area contributed by atoms with Crippen molar-refractivity contribution in [1.29, 1.82) is 0 Å². The van der Waals surface area contributed by atoms with Gasteiger partial charge in [0.2, 0.25) is 10.0 Å². The molecule has 0 spiro atoms. The molecule has 0 saturated carbocycles. The second kappa shape index (κ2) is 8.35. The summed E-state index contributed by atoms with van der Waals surface area (Å²) in [6.45, 7) is 0. The predicted octanol–water partition coefficient (Wildman–Crippen LogP) is 4.30. The van der Waals surface area contributed by atoms with Crippen LogP contribution >= 0.6 is 11.6 Å². The average Bonchev–Trinajstić information content (AvgIpc) is 3.20. The van der Waals surface area contributed by atoms with E-state index in [0.29, 0.717) is 27.5 Å². The van der Waals surface area contributed by atoms with Crippen molar-refractivity contribution in [3.63, 3.8) is 0 Å². The monoisotopic (exact) mass is 452 g/mol. The Kier molecular flexibility index (Phi) is 5.60. The SMILES string of the molecule is NS(=O)(=O)c1ccc(-c2n[nH]c(C(=O)Nc3ccccc3)c2-c2ccc(Cl)cc2)cc1. The van der Waals surface area contributed by atoms with Crippen LogP contribution in [0.1, 0.15) is 10.5 Å². The molecule has 4 aromatic rings. The van der Waals surface area contributed by atoms with Gasteiger partial charge in [-0.1, -0.05) is 54.1 Å². The van der Waals surface area contributed by atoms with Gasteiger partial charge in [-0.3, -0.25) is 9.89 Å². The number of para-hydroxylation sites is 1. The van der Waals surface area contributed by atoms with Gasteiger partial charge >= 0.3 is 0 Å². The van der Waals surface area contributed by atoms with Crippen LogP contribution in [0.25, 0.3) is 22.4 Å². The average molecular weight is 453 g/mol. The van der Waals surface area contributed by atoms with Gasteiger partial charge in [0, 0.05) is 21.8 Å². The number of nitrogens with two attached hydrogens (primary N) is 1. The number of rotatable bonds is 5. The molecule has 4 N–H and O–H groups in total. The number of sulfonamides is 1. The molecule has 9 heteroatoms. The summed E-state index contributed by atoms with van der Waals surface area (Å²) < 4.78 is 23.1. The second-order valence-electron chi connectivity index (χ2n) is 6.72. The first-order valence-electron chi connectivity index (χ1n) is 9.17. The highest BCUT2D eigenvalue weighted by Gasteiger charge is 2.22. The number of aromatic amines is 1. The molecule has 1 amide bonds. The Bertz CT molecular complexity index is 1330. The Morgan fingerprint density at radius 2 is 1.52 bits per heavy atom. The number of benzene rings is 3. The van der Waals surface area contributed by atoms with Crippen molar-refractivity contribution in [3.8, 4) is 22.4 Å². The number of carbonyl (C=O) groups is 1. The van der Waals surface area contributed by atoms with Crippen LogP contribution in [-0.4, -0.2) is 24.5 Å². The topological polar surface area (TPSA) is 118 Å². The van der Waals surface area contributed by atoms with E-state index in [1.54, 1.807) is 48.5 Å². The lowest BCUT2D eigenvalue weighted by molar-refractivity contribution is 0.102. The molecule has 156 valence electrons. The van der Waals surface area contributed by atoms with E-state index in [2.05, 4.69) is 15.5 Å². The van der Waals surface area contributed by atoms with Gasteiger partial charge < -0.3 is 5.32 Å². The van der Waals surface area contributed by atoms with Crippen molar-refractivity contribution in [2.45, 2.75) is 4.90 Å². The molecule has 0 aliphatic heterocycles. The van der Waals surface area contributed by atoms with E-state index in [0.717, 1.165) is 5.56 Å². The molecule has 1 heterocycles. The zero-order valence-corrected chi connectivity index (χ0v) is 17.6. The Hall–Kier alpha value is -3.46. The molecular formula is C22H17ClN4O3S. The van der Waals surface area contributed by atoms with Crippen molar-refractivity contribution >= 4 is 33.2 Å². The fourth-order valence-corrected chi connectivity index (χ4v) is 3.77. The lowest BCUT2D eigenvalue weighted by Gasteiger charge is -2.08. The summed E-state index contributed by atoms with van der Waals surface area (Å²) in [7, 11) is -3.82. The first-order valence-corrected chi connectivity index (χ1v) is 11.1. The van der Waals surface area contributed by atoms with E-state index in [9.17, 15) is 13.2 Å². The number of aromatic nitrogens is 2. The number of H-pyrrole nitrogens is 1. The van der Waals surface area contributed by atoms with Gasteiger partial charge in [-0.25, -0.2) is 13.6 Å². The number of nitrogens with zero attached hydrogens (tertiary/aromatic N) is 1. The summed E-state index contributed by atoms with van der Waals surface area (Å²) >= 11 is 6.03. The van der Waals surface area contributed by atoms with E-state index in [1.807, 2.05) is 18.2 Å². The fraction of sp³-hybridized carbons (Fsp3) is 0. The maximum Gasteiger partial charge on any atom is 0.274 e. The summed E-state index contributed by atoms with van der Waals surface area (Å²) in [6.07, 6.45) is 0. The fourth-order valence-electron chi connectivity index (χ4n) is 3.13. The van der Waals surface area contributed by atoms with Gasteiger partial charge in [-0.15, -0.1) is 0 Å². The lowest BCUT2D eigenvalue weighted by atomic mass is 9.98. The number of nitrogens with one attached hydrogen (secondary N) is 2. The molecule has 0 saturated heterocycles. The highest BCUT2D eigenvalue weighted by atomic mass is 35.5. The van der Waals surface area contributed by atoms with E-state index < -0.39 is 10.0 Å². The molecule has 4 rings (SSSR count). The van der Waals surface area contributed by atoms with Crippen molar-refractivity contribution in [2.75, 3.05) is 5.32 Å². The van der Waals surface area contributed by atoms with Crippen LogP contribution in [0.5, 0.6) is 0 Å². The zero-order chi connectivity index (χ0) is 22.0. The molecule has 0 bridgehead atoms. The van der Waals surface area contributed by atoms with E-state index in [4.69, 9.17) is 16.7 Å². The Balaban J connectivity index is 1.80. The minimum atomic E-state index is -3.82. The smallest absolute Gasteiger partial charge is 0.274 e. The molecule has 1 aromatic heterocycles. The van der Waals surface area contributed by atoms with Crippen LogP contribution in [0, 0.1) is 0 Å². The van der Waals surface area contributed by atoms with E-state index in [1.165, 1.54) is 12.1 Å². The summed E-state index contributed by atoms with van der Waals surface area (Å²) in [5.41, 5.74) is 3.30. The van der Waals surface area contributed by atoms with Crippen molar-refractivity contribution in [1.82, 2.24) is 10.2 Å². The van der Waals surface area contributed by atoms with E-state index >= 15 is 0 Å². The highest BCUT2D eigenvalue weighted by molar-refractivity contribution is 7.89. The molecule has 3 aromatic carbocycles. The van der Waals surface area contributed by atoms with Crippen molar-refractivity contribution in [3.05, 3.63) is 89.6 Å². The summed E-state index contributed by atoms with van der Waals surface area (Å²) in [5.74, 6) is -0.365. The number of amides is 1. The van der Waals surface area contributed by atoms with Gasteiger partial charge in [-0.2, -0.15) is 5.10 Å². The maximum atomic E-state index is 13.0. The number of hydrogen-bond donors (Lipinski definition) is 3. The van der Waals surface area contributed by atoms with Crippen LogP contribution < -0.4 is 10.5 Å². The Labute approximate surface area is 183 Å². The molecule has 0 fully saturated rings. The quantitative estimate of drug-likeness (QED) is 0.418. The standard InChI is InChI=1S/C22H17ClN4O3S/c23-16-10-6-14(7-11-16)19-20(15-8-12-18(13-9-15)31(24,29)30)26-27-21(19)22(28)25-17-4-2-1-3-5-17/h1-13H,(H,25,28)(H,26,27)(H2,24,29,30). The molecule has 31 heavy (non-hydrogen) atoms. The van der Waals surface area contributed by atoms with Gasteiger partial charge in [0.15, 0.2) is 0 Å². The van der Waals surface area contributed by atoms with E-state index in [-0.39, 0.29) is 16.5 Å². The van der Waals surface area contributed by atoms with Gasteiger partial charge in [0.1, 0.15) is 11.4 Å². The molecule has 0 atom stereocenters. The highest BCUT2D eigenvalue weighted by Crippen LogP contribution is 2.34. The third-order valence-corrected chi connectivity index (χ3v) is 5.80. The van der Waals surface area contributed by atoms with Crippen LogP contribution in [0.15, 0.2) is 83.8 Å². The predicted molar refractivity (Wildman–Crippen MR) is 120 cm³/mol. The molecule has 0 aliphatic carbocycles. The largest absolute Gasteiger partial charge is 0.321 e. The third-order valence-electron chi connectivity index (χ3n) is 4.61. The first-order chi connectivity index (χ1) is 14.8. The normalized spacial score (nSPS) is 11.3. The number of hydrogen-bond acceptors (Lipinski definition) is 4. The summed E-state index contributed by atoms with van der Waals surface area (Å²) in [5, 5.41) is 15.7.